The molecule has 1 spiro atoms. The van der Waals surface area contributed by atoms with Crippen LogP contribution in [0.2, 0.25) is 0 Å². The highest BCUT2D eigenvalue weighted by Crippen LogP contribution is 2.35. The van der Waals surface area contributed by atoms with Crippen molar-refractivity contribution in [2.24, 2.45) is 0 Å². The Kier molecular flexibility index (Phi) is 4.37. The maximum absolute atomic E-state index is 3.87. The van der Waals surface area contributed by atoms with Crippen LogP contribution < -0.4 is 10.2 Å². The zero-order valence-corrected chi connectivity index (χ0v) is 14.0. The lowest BCUT2D eigenvalue weighted by Gasteiger charge is -2.41. The molecule has 20 heavy (non-hydrogen) atoms. The summed E-state index contributed by atoms with van der Waals surface area (Å²) in [4.78, 5) is 2.60. The van der Waals surface area contributed by atoms with E-state index in [2.05, 4.69) is 51.3 Å². The topological polar surface area (TPSA) is 15.3 Å². The van der Waals surface area contributed by atoms with Crippen LogP contribution in [0.25, 0.3) is 0 Å². The Morgan fingerprint density at radius 1 is 1.15 bits per heavy atom. The maximum Gasteiger partial charge on any atom is 0.0514 e. The molecule has 1 aliphatic carbocycles. The van der Waals surface area contributed by atoms with Crippen LogP contribution in [-0.2, 0) is 0 Å². The molecule has 2 aliphatic rings. The number of benzene rings is 1. The SMILES string of the molecule is Cc1cccc(N2CCCNC3(CCCCC3)C2)c1Br. The fourth-order valence-electron chi connectivity index (χ4n) is 3.77. The van der Waals surface area contributed by atoms with Gasteiger partial charge in [-0.3, -0.25) is 0 Å². The van der Waals surface area contributed by atoms with Gasteiger partial charge in [-0.15, -0.1) is 0 Å². The predicted molar refractivity (Wildman–Crippen MR) is 89.5 cm³/mol. The number of halogens is 1. The van der Waals surface area contributed by atoms with Crippen molar-refractivity contribution in [3.63, 3.8) is 0 Å². The average molecular weight is 337 g/mol. The summed E-state index contributed by atoms with van der Waals surface area (Å²) < 4.78 is 1.27. The lowest BCUT2D eigenvalue weighted by atomic mass is 9.81. The number of rotatable bonds is 1. The van der Waals surface area contributed by atoms with Crippen molar-refractivity contribution in [1.29, 1.82) is 0 Å². The minimum absolute atomic E-state index is 0.359. The fraction of sp³-hybridized carbons (Fsp3) is 0.647. The van der Waals surface area contributed by atoms with Crippen LogP contribution in [0.3, 0.4) is 0 Å². The minimum atomic E-state index is 0.359. The van der Waals surface area contributed by atoms with Gasteiger partial charge in [0.2, 0.25) is 0 Å². The van der Waals surface area contributed by atoms with Gasteiger partial charge in [0, 0.05) is 23.1 Å². The van der Waals surface area contributed by atoms with E-state index in [4.69, 9.17) is 0 Å². The first kappa shape index (κ1) is 14.4. The van der Waals surface area contributed by atoms with Gasteiger partial charge in [0.15, 0.2) is 0 Å². The zero-order valence-electron chi connectivity index (χ0n) is 12.4. The van der Waals surface area contributed by atoms with Gasteiger partial charge >= 0.3 is 0 Å². The molecule has 1 saturated heterocycles. The van der Waals surface area contributed by atoms with Crippen molar-refractivity contribution < 1.29 is 0 Å². The van der Waals surface area contributed by atoms with E-state index in [0.717, 1.165) is 13.1 Å². The monoisotopic (exact) mass is 336 g/mol. The summed E-state index contributed by atoms with van der Waals surface area (Å²) in [5.74, 6) is 0. The lowest BCUT2D eigenvalue weighted by molar-refractivity contribution is 0.246. The number of nitrogens with one attached hydrogen (secondary N) is 1. The van der Waals surface area contributed by atoms with E-state index in [-0.39, 0.29) is 0 Å². The van der Waals surface area contributed by atoms with E-state index < -0.39 is 0 Å². The van der Waals surface area contributed by atoms with Gasteiger partial charge < -0.3 is 10.2 Å². The van der Waals surface area contributed by atoms with Crippen molar-refractivity contribution in [3.05, 3.63) is 28.2 Å². The molecule has 1 heterocycles. The van der Waals surface area contributed by atoms with Crippen molar-refractivity contribution in [1.82, 2.24) is 5.32 Å². The van der Waals surface area contributed by atoms with E-state index in [1.54, 1.807) is 0 Å². The van der Waals surface area contributed by atoms with E-state index in [0.29, 0.717) is 5.54 Å². The number of nitrogens with zero attached hydrogens (tertiary/aromatic N) is 1. The number of anilines is 1. The first-order valence-electron chi connectivity index (χ1n) is 7.95. The van der Waals surface area contributed by atoms with Crippen LogP contribution >= 0.6 is 15.9 Å². The highest BCUT2D eigenvalue weighted by Gasteiger charge is 2.35. The molecular weight excluding hydrogens is 312 g/mol. The molecular formula is C17H25BrN2. The van der Waals surface area contributed by atoms with Crippen molar-refractivity contribution in [2.45, 2.75) is 51.0 Å². The Bertz CT molecular complexity index is 466. The second-order valence-electron chi connectivity index (χ2n) is 6.45. The Labute approximate surface area is 131 Å². The summed E-state index contributed by atoms with van der Waals surface area (Å²) in [5.41, 5.74) is 3.06. The Morgan fingerprint density at radius 2 is 1.95 bits per heavy atom. The highest BCUT2D eigenvalue weighted by molar-refractivity contribution is 9.10. The van der Waals surface area contributed by atoms with Gasteiger partial charge in [-0.25, -0.2) is 0 Å². The van der Waals surface area contributed by atoms with Crippen LogP contribution in [-0.4, -0.2) is 25.2 Å². The summed E-state index contributed by atoms with van der Waals surface area (Å²) in [5, 5.41) is 3.87. The third kappa shape index (κ3) is 2.89. The van der Waals surface area contributed by atoms with Gasteiger partial charge in [-0.05, 0) is 60.3 Å². The zero-order chi connectivity index (χ0) is 14.0. The molecule has 110 valence electrons. The van der Waals surface area contributed by atoms with Crippen LogP contribution in [0.5, 0.6) is 0 Å². The number of aryl methyl sites for hydroxylation is 1. The molecule has 1 N–H and O–H groups in total. The Morgan fingerprint density at radius 3 is 2.75 bits per heavy atom. The second-order valence-corrected chi connectivity index (χ2v) is 7.24. The van der Waals surface area contributed by atoms with Crippen molar-refractivity contribution >= 4 is 21.6 Å². The van der Waals surface area contributed by atoms with Gasteiger partial charge in [0.25, 0.3) is 0 Å². The lowest BCUT2D eigenvalue weighted by Crippen LogP contribution is -2.52. The van der Waals surface area contributed by atoms with Gasteiger partial charge in [-0.1, -0.05) is 31.4 Å². The standard InChI is InChI=1S/C17H25BrN2/c1-14-7-5-8-15(16(14)18)20-12-6-11-19-17(13-20)9-3-2-4-10-17/h5,7-8,19H,2-4,6,9-13H2,1H3. The fourth-order valence-corrected chi connectivity index (χ4v) is 4.28. The Balaban J connectivity index is 1.86. The van der Waals surface area contributed by atoms with Crippen LogP contribution in [0.4, 0.5) is 5.69 Å². The molecule has 0 bridgehead atoms. The van der Waals surface area contributed by atoms with Crippen LogP contribution in [0.1, 0.15) is 44.1 Å². The molecule has 0 radical (unpaired) electrons. The first-order chi connectivity index (χ1) is 9.70. The van der Waals surface area contributed by atoms with Gasteiger partial charge in [0.1, 0.15) is 0 Å². The summed E-state index contributed by atoms with van der Waals surface area (Å²) >= 11 is 3.79. The average Bonchev–Trinajstić information content (AvgIpc) is 2.66. The number of hydrogen-bond donors (Lipinski definition) is 1. The molecule has 3 rings (SSSR count). The highest BCUT2D eigenvalue weighted by atomic mass is 79.9. The summed E-state index contributed by atoms with van der Waals surface area (Å²) in [7, 11) is 0. The third-order valence-electron chi connectivity index (χ3n) is 4.92. The van der Waals surface area contributed by atoms with Crippen LogP contribution in [0.15, 0.2) is 22.7 Å². The molecule has 0 atom stereocenters. The van der Waals surface area contributed by atoms with E-state index in [1.165, 1.54) is 60.8 Å². The van der Waals surface area contributed by atoms with Crippen molar-refractivity contribution in [2.75, 3.05) is 24.5 Å². The molecule has 1 saturated carbocycles. The summed E-state index contributed by atoms with van der Waals surface area (Å²) in [6, 6.07) is 6.63. The second kappa shape index (κ2) is 6.07. The molecule has 1 aromatic rings. The predicted octanol–water partition coefficient (Wildman–Crippen LogP) is 4.26. The Hall–Kier alpha value is -0.540. The molecule has 0 aromatic heterocycles. The number of hydrogen-bond acceptors (Lipinski definition) is 2. The van der Waals surface area contributed by atoms with Crippen molar-refractivity contribution in [3.8, 4) is 0 Å². The quantitative estimate of drug-likeness (QED) is 0.824. The minimum Gasteiger partial charge on any atom is -0.369 e. The molecule has 1 aliphatic heterocycles. The molecule has 0 unspecified atom stereocenters. The molecule has 2 fully saturated rings. The molecule has 0 amide bonds. The summed E-state index contributed by atoms with van der Waals surface area (Å²) in [6.45, 7) is 5.67. The van der Waals surface area contributed by atoms with E-state index in [1.807, 2.05) is 0 Å². The molecule has 2 nitrogen and oxygen atoms in total. The van der Waals surface area contributed by atoms with Gasteiger partial charge in [-0.2, -0.15) is 0 Å². The maximum atomic E-state index is 3.87. The molecule has 3 heteroatoms. The molecule has 1 aromatic carbocycles. The normalized spacial score (nSPS) is 22.8. The third-order valence-corrected chi connectivity index (χ3v) is 5.95. The largest absolute Gasteiger partial charge is 0.369 e. The smallest absolute Gasteiger partial charge is 0.0514 e. The summed E-state index contributed by atoms with van der Waals surface area (Å²) in [6.07, 6.45) is 8.10. The van der Waals surface area contributed by atoms with Gasteiger partial charge in [0.05, 0.1) is 5.69 Å². The van der Waals surface area contributed by atoms with Crippen LogP contribution in [0, 0.1) is 6.92 Å². The van der Waals surface area contributed by atoms with E-state index >= 15 is 0 Å². The van der Waals surface area contributed by atoms with E-state index in [9.17, 15) is 0 Å². The first-order valence-corrected chi connectivity index (χ1v) is 8.75.